The first-order valence-corrected chi connectivity index (χ1v) is 7.92. The SMILES string of the molecule is O=C(N[C@H]1CC(=O)N(C2CC2)C1)c1cc(-c2ccccc2)n[nH]1. The van der Waals surface area contributed by atoms with Crippen molar-refractivity contribution in [2.45, 2.75) is 31.3 Å². The Labute approximate surface area is 133 Å². The van der Waals surface area contributed by atoms with E-state index in [1.165, 1.54) is 0 Å². The molecule has 0 spiro atoms. The number of hydrogen-bond donors (Lipinski definition) is 2. The molecule has 2 aliphatic rings. The highest BCUT2D eigenvalue weighted by Crippen LogP contribution is 2.30. The van der Waals surface area contributed by atoms with Crippen molar-refractivity contribution >= 4 is 11.8 Å². The van der Waals surface area contributed by atoms with Gasteiger partial charge in [-0.15, -0.1) is 0 Å². The van der Waals surface area contributed by atoms with Gasteiger partial charge in [-0.05, 0) is 18.9 Å². The second-order valence-corrected chi connectivity index (χ2v) is 6.18. The third-order valence-corrected chi connectivity index (χ3v) is 4.37. The molecule has 1 aromatic heterocycles. The molecule has 23 heavy (non-hydrogen) atoms. The van der Waals surface area contributed by atoms with Gasteiger partial charge in [0, 0.05) is 24.6 Å². The molecule has 0 bridgehead atoms. The Bertz CT molecular complexity index is 736. The van der Waals surface area contributed by atoms with Gasteiger partial charge in [0.05, 0.1) is 11.7 Å². The number of rotatable bonds is 4. The van der Waals surface area contributed by atoms with Crippen molar-refractivity contribution in [1.29, 1.82) is 0 Å². The molecule has 1 saturated carbocycles. The standard InChI is InChI=1S/C17H18N4O2/c22-16-8-12(10-21(16)13-6-7-13)18-17(23)15-9-14(19-20-15)11-4-2-1-3-5-11/h1-5,9,12-13H,6-8,10H2,(H,18,23)(H,19,20)/t12-/m0/s1. The van der Waals surface area contributed by atoms with Crippen molar-refractivity contribution in [3.8, 4) is 11.3 Å². The number of benzene rings is 1. The van der Waals surface area contributed by atoms with Crippen LogP contribution in [0.25, 0.3) is 11.3 Å². The van der Waals surface area contributed by atoms with Gasteiger partial charge in [-0.1, -0.05) is 30.3 Å². The summed E-state index contributed by atoms with van der Waals surface area (Å²) in [5.74, 6) is -0.0671. The highest BCUT2D eigenvalue weighted by molar-refractivity contribution is 5.94. The van der Waals surface area contributed by atoms with Crippen molar-refractivity contribution in [3.05, 3.63) is 42.1 Å². The minimum atomic E-state index is -0.213. The van der Waals surface area contributed by atoms with E-state index in [2.05, 4.69) is 15.5 Å². The molecule has 1 saturated heterocycles. The summed E-state index contributed by atoms with van der Waals surface area (Å²) in [5, 5.41) is 9.89. The van der Waals surface area contributed by atoms with E-state index in [0.29, 0.717) is 24.7 Å². The third kappa shape index (κ3) is 2.84. The second kappa shape index (κ2) is 5.53. The number of nitrogens with one attached hydrogen (secondary N) is 2. The summed E-state index contributed by atoms with van der Waals surface area (Å²) in [6, 6.07) is 11.7. The first-order valence-electron chi connectivity index (χ1n) is 7.92. The number of aromatic amines is 1. The van der Waals surface area contributed by atoms with E-state index in [0.717, 1.165) is 24.1 Å². The predicted octanol–water partition coefficient (Wildman–Crippen LogP) is 1.57. The fourth-order valence-corrected chi connectivity index (χ4v) is 3.03. The average Bonchev–Trinajstić information content (AvgIpc) is 3.16. The van der Waals surface area contributed by atoms with Crippen molar-refractivity contribution in [2.75, 3.05) is 6.54 Å². The van der Waals surface area contributed by atoms with Gasteiger partial charge in [0.25, 0.3) is 5.91 Å². The monoisotopic (exact) mass is 310 g/mol. The highest BCUT2D eigenvalue weighted by Gasteiger charge is 2.39. The maximum absolute atomic E-state index is 12.3. The molecule has 2 amide bonds. The first kappa shape index (κ1) is 14.0. The van der Waals surface area contributed by atoms with Crippen LogP contribution in [0.4, 0.5) is 0 Å². The molecule has 2 N–H and O–H groups in total. The molecule has 1 aliphatic carbocycles. The summed E-state index contributed by atoms with van der Waals surface area (Å²) in [5.41, 5.74) is 2.11. The van der Waals surface area contributed by atoms with Crippen molar-refractivity contribution in [1.82, 2.24) is 20.4 Å². The highest BCUT2D eigenvalue weighted by atomic mass is 16.2. The zero-order chi connectivity index (χ0) is 15.8. The zero-order valence-corrected chi connectivity index (χ0v) is 12.7. The lowest BCUT2D eigenvalue weighted by Gasteiger charge is -2.15. The Morgan fingerprint density at radius 3 is 2.78 bits per heavy atom. The van der Waals surface area contributed by atoms with E-state index in [4.69, 9.17) is 0 Å². The van der Waals surface area contributed by atoms with Crippen LogP contribution in [0.15, 0.2) is 36.4 Å². The van der Waals surface area contributed by atoms with Crippen LogP contribution in [0.3, 0.4) is 0 Å². The summed E-state index contributed by atoms with van der Waals surface area (Å²) in [4.78, 5) is 26.2. The van der Waals surface area contributed by atoms with E-state index in [1.54, 1.807) is 6.07 Å². The minimum absolute atomic E-state index is 0.112. The molecular formula is C17H18N4O2. The number of hydrogen-bond acceptors (Lipinski definition) is 3. The van der Waals surface area contributed by atoms with Crippen LogP contribution in [0.5, 0.6) is 0 Å². The lowest BCUT2D eigenvalue weighted by atomic mass is 10.1. The van der Waals surface area contributed by atoms with Gasteiger partial charge in [0.2, 0.25) is 5.91 Å². The number of H-pyrrole nitrogens is 1. The third-order valence-electron chi connectivity index (χ3n) is 4.37. The van der Waals surface area contributed by atoms with Gasteiger partial charge in [-0.3, -0.25) is 14.7 Å². The molecule has 2 heterocycles. The normalized spacial score (nSPS) is 20.8. The number of likely N-dealkylation sites (tertiary alicyclic amines) is 1. The molecule has 0 radical (unpaired) electrons. The van der Waals surface area contributed by atoms with Crippen molar-refractivity contribution in [2.24, 2.45) is 0 Å². The maximum atomic E-state index is 12.3. The zero-order valence-electron chi connectivity index (χ0n) is 12.7. The second-order valence-electron chi connectivity index (χ2n) is 6.18. The number of nitrogens with zero attached hydrogens (tertiary/aromatic N) is 2. The first-order chi connectivity index (χ1) is 11.2. The summed E-state index contributed by atoms with van der Waals surface area (Å²) < 4.78 is 0. The molecule has 6 nitrogen and oxygen atoms in total. The predicted molar refractivity (Wildman–Crippen MR) is 84.6 cm³/mol. The van der Waals surface area contributed by atoms with Gasteiger partial charge < -0.3 is 10.2 Å². The molecule has 1 aliphatic heterocycles. The molecule has 4 rings (SSSR count). The Morgan fingerprint density at radius 1 is 1.26 bits per heavy atom. The molecule has 2 aromatic rings. The van der Waals surface area contributed by atoms with Crippen LogP contribution in [0, 0.1) is 0 Å². The van der Waals surface area contributed by atoms with Crippen LogP contribution >= 0.6 is 0 Å². The van der Waals surface area contributed by atoms with E-state index >= 15 is 0 Å². The lowest BCUT2D eigenvalue weighted by molar-refractivity contribution is -0.128. The average molecular weight is 310 g/mol. The Balaban J connectivity index is 1.42. The molecule has 1 atom stereocenters. The maximum Gasteiger partial charge on any atom is 0.269 e. The van der Waals surface area contributed by atoms with Crippen molar-refractivity contribution in [3.63, 3.8) is 0 Å². The molecule has 118 valence electrons. The van der Waals surface area contributed by atoms with E-state index in [1.807, 2.05) is 35.2 Å². The van der Waals surface area contributed by atoms with Gasteiger partial charge in [0.1, 0.15) is 5.69 Å². The molecule has 2 fully saturated rings. The number of aromatic nitrogens is 2. The molecular weight excluding hydrogens is 292 g/mol. The van der Waals surface area contributed by atoms with Gasteiger partial charge in [0.15, 0.2) is 0 Å². The van der Waals surface area contributed by atoms with Gasteiger partial charge >= 0.3 is 0 Å². The summed E-state index contributed by atoms with van der Waals surface area (Å²) in [6.07, 6.45) is 2.57. The van der Waals surface area contributed by atoms with Crippen LogP contribution < -0.4 is 5.32 Å². The van der Waals surface area contributed by atoms with Crippen LogP contribution in [-0.2, 0) is 4.79 Å². The number of carbonyl (C=O) groups excluding carboxylic acids is 2. The minimum Gasteiger partial charge on any atom is -0.346 e. The van der Waals surface area contributed by atoms with Gasteiger partial charge in [-0.2, -0.15) is 5.10 Å². The van der Waals surface area contributed by atoms with E-state index < -0.39 is 0 Å². The Hall–Kier alpha value is -2.63. The quantitative estimate of drug-likeness (QED) is 0.900. The Kier molecular flexibility index (Phi) is 3.37. The molecule has 6 heteroatoms. The van der Waals surface area contributed by atoms with Crippen LogP contribution in [0.1, 0.15) is 29.8 Å². The topological polar surface area (TPSA) is 78.1 Å². The van der Waals surface area contributed by atoms with Crippen LogP contribution in [0.2, 0.25) is 0 Å². The summed E-state index contributed by atoms with van der Waals surface area (Å²) in [7, 11) is 0. The van der Waals surface area contributed by atoms with Crippen molar-refractivity contribution < 1.29 is 9.59 Å². The summed E-state index contributed by atoms with van der Waals surface area (Å²) >= 11 is 0. The molecule has 0 unspecified atom stereocenters. The lowest BCUT2D eigenvalue weighted by Crippen LogP contribution is -2.37. The molecule has 1 aromatic carbocycles. The smallest absolute Gasteiger partial charge is 0.269 e. The Morgan fingerprint density at radius 2 is 2.04 bits per heavy atom. The van der Waals surface area contributed by atoms with E-state index in [-0.39, 0.29) is 17.9 Å². The number of carbonyl (C=O) groups is 2. The van der Waals surface area contributed by atoms with Crippen LogP contribution in [-0.4, -0.2) is 45.5 Å². The summed E-state index contributed by atoms with van der Waals surface area (Å²) in [6.45, 7) is 0.620. The van der Waals surface area contributed by atoms with Gasteiger partial charge in [-0.25, -0.2) is 0 Å². The fourth-order valence-electron chi connectivity index (χ4n) is 3.03. The largest absolute Gasteiger partial charge is 0.346 e. The number of amides is 2. The fraction of sp³-hybridized carbons (Fsp3) is 0.353. The van der Waals surface area contributed by atoms with E-state index in [9.17, 15) is 9.59 Å².